The highest BCUT2D eigenvalue weighted by atomic mass is 32.1. The van der Waals surface area contributed by atoms with Gasteiger partial charge in [0.2, 0.25) is 0 Å². The van der Waals surface area contributed by atoms with Gasteiger partial charge in [-0.15, -0.1) is 0 Å². The van der Waals surface area contributed by atoms with Crippen molar-refractivity contribution in [2.24, 2.45) is 0 Å². The van der Waals surface area contributed by atoms with Crippen LogP contribution in [0.25, 0.3) is 0 Å². The Bertz CT molecular complexity index is 895. The van der Waals surface area contributed by atoms with Crippen molar-refractivity contribution >= 4 is 33.5 Å². The maximum absolute atomic E-state index is 11.7. The van der Waals surface area contributed by atoms with E-state index in [-0.39, 0.29) is 15.7 Å². The van der Waals surface area contributed by atoms with Gasteiger partial charge in [0.25, 0.3) is 0 Å². The van der Waals surface area contributed by atoms with E-state index in [1.807, 2.05) is 24.3 Å². The summed E-state index contributed by atoms with van der Waals surface area (Å²) in [5.74, 6) is 1.26. The summed E-state index contributed by atoms with van der Waals surface area (Å²) in [4.78, 5) is 29.7. The third kappa shape index (κ3) is 1.99. The van der Waals surface area contributed by atoms with Gasteiger partial charge in [0.05, 0.1) is 23.6 Å². The molecule has 8 heteroatoms. The van der Waals surface area contributed by atoms with Crippen LogP contribution >= 0.6 is 22.7 Å². The molecule has 1 aliphatic heterocycles. The summed E-state index contributed by atoms with van der Waals surface area (Å²) in [7, 11) is 1.62. The average Bonchev–Trinajstić information content (AvgIpc) is 3.05. The zero-order chi connectivity index (χ0) is 15.3. The van der Waals surface area contributed by atoms with E-state index in [9.17, 15) is 9.59 Å². The van der Waals surface area contributed by atoms with Crippen molar-refractivity contribution in [2.45, 2.75) is 5.92 Å². The summed E-state index contributed by atoms with van der Waals surface area (Å²) >= 11 is 2.26. The van der Waals surface area contributed by atoms with Crippen LogP contribution in [0, 0.1) is 0 Å². The second kappa shape index (κ2) is 4.85. The molecular formula is C14H11N3O3S2. The van der Waals surface area contributed by atoms with Gasteiger partial charge in [-0.1, -0.05) is 34.8 Å². The molecule has 3 N–H and O–H groups in total. The van der Waals surface area contributed by atoms with E-state index in [0.717, 1.165) is 49.6 Å². The normalized spacial score (nSPS) is 15.8. The smallest absolute Gasteiger partial charge is 0.306 e. The molecule has 112 valence electrons. The van der Waals surface area contributed by atoms with E-state index in [4.69, 9.17) is 4.74 Å². The van der Waals surface area contributed by atoms with E-state index in [0.29, 0.717) is 5.82 Å². The lowest BCUT2D eigenvalue weighted by atomic mass is 9.92. The number of ether oxygens (including phenoxy) is 1. The van der Waals surface area contributed by atoms with Crippen LogP contribution in [0.3, 0.4) is 0 Å². The highest BCUT2D eigenvalue weighted by Crippen LogP contribution is 2.45. The van der Waals surface area contributed by atoms with Gasteiger partial charge in [0.1, 0.15) is 16.6 Å². The molecule has 0 saturated carbocycles. The number of H-pyrrole nitrogens is 2. The van der Waals surface area contributed by atoms with Crippen LogP contribution < -0.4 is 19.8 Å². The number of aromatic amines is 2. The highest BCUT2D eigenvalue weighted by molar-refractivity contribution is 7.14. The second-order valence-corrected chi connectivity index (χ2v) is 6.84. The molecule has 1 aliphatic rings. The minimum atomic E-state index is -0.167. The molecule has 1 unspecified atom stereocenters. The Balaban J connectivity index is 1.92. The number of hydrogen-bond donors (Lipinski definition) is 3. The molecule has 3 heterocycles. The van der Waals surface area contributed by atoms with Crippen molar-refractivity contribution in [2.75, 3.05) is 12.4 Å². The zero-order valence-corrected chi connectivity index (χ0v) is 13.1. The molecule has 0 bridgehead atoms. The maximum atomic E-state index is 11.7. The lowest BCUT2D eigenvalue weighted by molar-refractivity contribution is 0.414. The molecule has 0 saturated heterocycles. The Morgan fingerprint density at radius 1 is 1.05 bits per heavy atom. The minimum absolute atomic E-state index is 0.117. The van der Waals surface area contributed by atoms with Crippen LogP contribution in [0.1, 0.15) is 22.1 Å². The molecule has 0 spiro atoms. The Hall–Kier alpha value is -2.32. The summed E-state index contributed by atoms with van der Waals surface area (Å²) in [6, 6.07) is 7.64. The first-order valence-electron chi connectivity index (χ1n) is 6.52. The summed E-state index contributed by atoms with van der Waals surface area (Å²) in [6.07, 6.45) is 0. The van der Waals surface area contributed by atoms with Crippen LogP contribution in [0.2, 0.25) is 0 Å². The molecular weight excluding hydrogens is 322 g/mol. The van der Waals surface area contributed by atoms with Crippen LogP contribution in [0.15, 0.2) is 33.9 Å². The summed E-state index contributed by atoms with van der Waals surface area (Å²) in [5.41, 5.74) is 1.79. The molecule has 1 aromatic carbocycles. The fraction of sp³-hybridized carbons (Fsp3) is 0.143. The van der Waals surface area contributed by atoms with Crippen molar-refractivity contribution in [3.63, 3.8) is 0 Å². The van der Waals surface area contributed by atoms with Gasteiger partial charge in [-0.25, -0.2) is 0 Å². The quantitative estimate of drug-likeness (QED) is 0.526. The third-order valence-electron chi connectivity index (χ3n) is 3.59. The number of benzene rings is 1. The number of methoxy groups -OCH3 is 1. The molecule has 22 heavy (non-hydrogen) atoms. The highest BCUT2D eigenvalue weighted by Gasteiger charge is 2.32. The van der Waals surface area contributed by atoms with Gasteiger partial charge in [0.15, 0.2) is 0 Å². The van der Waals surface area contributed by atoms with Crippen molar-refractivity contribution < 1.29 is 4.74 Å². The number of anilines is 2. The van der Waals surface area contributed by atoms with Crippen LogP contribution in [-0.4, -0.2) is 17.1 Å². The summed E-state index contributed by atoms with van der Waals surface area (Å²) < 4.78 is 5.18. The standard InChI is InChI=1S/C14H11N3O3S2/c1-20-7-4-2-6(3-5-7)8-9-12(22-13(18)15-9)16-11-10(8)21-14(19)17-11/h2-5,8,16H,1H3,(H,15,18)(H,17,19). The molecule has 0 radical (unpaired) electrons. The number of thiazole rings is 2. The van der Waals surface area contributed by atoms with Gasteiger partial charge in [-0.2, -0.15) is 0 Å². The molecule has 4 rings (SSSR count). The van der Waals surface area contributed by atoms with E-state index in [1.54, 1.807) is 7.11 Å². The first kappa shape index (κ1) is 13.4. The van der Waals surface area contributed by atoms with Gasteiger partial charge in [0, 0.05) is 0 Å². The first-order valence-corrected chi connectivity index (χ1v) is 8.16. The third-order valence-corrected chi connectivity index (χ3v) is 5.35. The number of aromatic nitrogens is 2. The monoisotopic (exact) mass is 333 g/mol. The number of hydrogen-bond acceptors (Lipinski definition) is 6. The Morgan fingerprint density at radius 3 is 2.50 bits per heavy atom. The van der Waals surface area contributed by atoms with Crippen LogP contribution in [0.5, 0.6) is 5.75 Å². The number of nitrogens with one attached hydrogen (secondary N) is 3. The summed E-state index contributed by atoms with van der Waals surface area (Å²) in [5, 5.41) is 3.86. The minimum Gasteiger partial charge on any atom is -0.497 e. The van der Waals surface area contributed by atoms with E-state index >= 15 is 0 Å². The SMILES string of the molecule is COc1ccc(C2c3[nH]c(=O)sc3Nc3[nH]c(=O)sc32)cc1. The van der Waals surface area contributed by atoms with E-state index in [2.05, 4.69) is 15.3 Å². The van der Waals surface area contributed by atoms with Gasteiger partial charge in [-0.05, 0) is 17.7 Å². The zero-order valence-electron chi connectivity index (χ0n) is 11.4. The van der Waals surface area contributed by atoms with Crippen molar-refractivity contribution in [3.8, 4) is 5.75 Å². The lowest BCUT2D eigenvalue weighted by Gasteiger charge is -2.22. The van der Waals surface area contributed by atoms with Crippen molar-refractivity contribution in [3.05, 3.63) is 59.7 Å². The van der Waals surface area contributed by atoms with Crippen molar-refractivity contribution in [1.29, 1.82) is 0 Å². The largest absolute Gasteiger partial charge is 0.497 e. The first-order chi connectivity index (χ1) is 10.7. The number of fused-ring (bicyclic) bond motifs is 2. The van der Waals surface area contributed by atoms with Gasteiger partial charge < -0.3 is 15.0 Å². The Kier molecular flexibility index (Phi) is 2.95. The topological polar surface area (TPSA) is 87.0 Å². The second-order valence-electron chi connectivity index (χ2n) is 4.84. The fourth-order valence-corrected chi connectivity index (χ4v) is 4.34. The average molecular weight is 333 g/mol. The molecule has 0 aliphatic carbocycles. The molecule has 0 fully saturated rings. The van der Waals surface area contributed by atoms with E-state index in [1.165, 1.54) is 0 Å². The maximum Gasteiger partial charge on any atom is 0.306 e. The van der Waals surface area contributed by atoms with Crippen molar-refractivity contribution in [1.82, 2.24) is 9.97 Å². The Labute approximate surface area is 132 Å². The molecule has 1 atom stereocenters. The molecule has 0 amide bonds. The fourth-order valence-electron chi connectivity index (χ4n) is 2.63. The molecule has 6 nitrogen and oxygen atoms in total. The molecule has 3 aromatic rings. The molecule has 2 aromatic heterocycles. The Morgan fingerprint density at radius 2 is 1.77 bits per heavy atom. The summed E-state index contributed by atoms with van der Waals surface area (Å²) in [6.45, 7) is 0. The van der Waals surface area contributed by atoms with Gasteiger partial charge in [-0.3, -0.25) is 14.6 Å². The predicted octanol–water partition coefficient (Wildman–Crippen LogP) is 2.43. The van der Waals surface area contributed by atoms with E-state index < -0.39 is 0 Å². The van der Waals surface area contributed by atoms with Crippen LogP contribution in [0.4, 0.5) is 10.8 Å². The predicted molar refractivity (Wildman–Crippen MR) is 87.1 cm³/mol. The van der Waals surface area contributed by atoms with Gasteiger partial charge >= 0.3 is 9.75 Å². The lowest BCUT2D eigenvalue weighted by Crippen LogP contribution is -2.12. The van der Waals surface area contributed by atoms with Crippen LogP contribution in [-0.2, 0) is 0 Å². The number of rotatable bonds is 2.